The van der Waals surface area contributed by atoms with Gasteiger partial charge in [-0.1, -0.05) is 0 Å². The van der Waals surface area contributed by atoms with Crippen molar-refractivity contribution in [3.63, 3.8) is 0 Å². The predicted molar refractivity (Wildman–Crippen MR) is 67.5 cm³/mol. The monoisotopic (exact) mass is 280 g/mol. The van der Waals surface area contributed by atoms with Gasteiger partial charge in [-0.25, -0.2) is 0 Å². The minimum absolute atomic E-state index is 0.742. The molecular weight excluding hydrogens is 268 g/mol. The smallest absolute Gasteiger partial charge is 0.123 e. The van der Waals surface area contributed by atoms with Crippen molar-refractivity contribution in [2.45, 2.75) is 13.5 Å². The molecule has 0 spiro atoms. The third-order valence-electron chi connectivity index (χ3n) is 2.32. The van der Waals surface area contributed by atoms with Gasteiger partial charge < -0.3 is 9.32 Å². The lowest BCUT2D eigenvalue weighted by molar-refractivity contribution is 0.482. The molecule has 0 fully saturated rings. The highest BCUT2D eigenvalue weighted by Gasteiger charge is 2.05. The first kappa shape index (κ1) is 11.2. The van der Waals surface area contributed by atoms with Gasteiger partial charge in [0.25, 0.3) is 0 Å². The predicted octanol–water partition coefficient (Wildman–Crippen LogP) is 3.38. The van der Waals surface area contributed by atoms with Crippen molar-refractivity contribution in [2.24, 2.45) is 0 Å². The number of aryl methyl sites for hydroxylation is 1. The van der Waals surface area contributed by atoms with Gasteiger partial charge in [-0.2, -0.15) is 0 Å². The first-order chi connectivity index (χ1) is 7.65. The van der Waals surface area contributed by atoms with Crippen LogP contribution in [0.1, 0.15) is 11.5 Å². The van der Waals surface area contributed by atoms with Gasteiger partial charge in [0.2, 0.25) is 0 Å². The molecule has 0 saturated heterocycles. The standard InChI is InChI=1S/C12H13BrN2O/c1-9-3-4-12(16-9)8-15(2)11-5-10(13)6-14-7-11/h3-7H,8H2,1-2H3. The molecule has 0 saturated carbocycles. The molecule has 2 aromatic rings. The molecule has 2 aromatic heterocycles. The number of anilines is 1. The van der Waals surface area contributed by atoms with Crippen LogP contribution in [0.25, 0.3) is 0 Å². The van der Waals surface area contributed by atoms with Crippen molar-refractivity contribution in [2.75, 3.05) is 11.9 Å². The molecule has 0 amide bonds. The molecule has 3 nitrogen and oxygen atoms in total. The van der Waals surface area contributed by atoms with Crippen LogP contribution in [-0.4, -0.2) is 12.0 Å². The first-order valence-corrected chi connectivity index (χ1v) is 5.81. The lowest BCUT2D eigenvalue weighted by Gasteiger charge is -2.17. The highest BCUT2D eigenvalue weighted by atomic mass is 79.9. The molecule has 0 aromatic carbocycles. The number of nitrogens with zero attached hydrogens (tertiary/aromatic N) is 2. The van der Waals surface area contributed by atoms with Crippen LogP contribution in [0.4, 0.5) is 5.69 Å². The van der Waals surface area contributed by atoms with Crippen molar-refractivity contribution in [3.8, 4) is 0 Å². The second-order valence-electron chi connectivity index (χ2n) is 3.73. The number of hydrogen-bond acceptors (Lipinski definition) is 3. The van der Waals surface area contributed by atoms with Gasteiger partial charge in [-0.15, -0.1) is 0 Å². The van der Waals surface area contributed by atoms with Crippen molar-refractivity contribution in [3.05, 3.63) is 46.6 Å². The zero-order chi connectivity index (χ0) is 11.5. The number of furan rings is 1. The van der Waals surface area contributed by atoms with Crippen LogP contribution in [0.2, 0.25) is 0 Å². The zero-order valence-electron chi connectivity index (χ0n) is 9.27. The molecular formula is C12H13BrN2O. The summed E-state index contributed by atoms with van der Waals surface area (Å²) in [5.41, 5.74) is 1.06. The summed E-state index contributed by atoms with van der Waals surface area (Å²) >= 11 is 3.41. The molecule has 0 N–H and O–H groups in total. The van der Waals surface area contributed by atoms with Crippen LogP contribution < -0.4 is 4.90 Å². The Bertz CT molecular complexity index is 481. The third-order valence-corrected chi connectivity index (χ3v) is 2.75. The molecule has 0 radical (unpaired) electrons. The zero-order valence-corrected chi connectivity index (χ0v) is 10.9. The maximum Gasteiger partial charge on any atom is 0.123 e. The van der Waals surface area contributed by atoms with Crippen LogP contribution in [0.15, 0.2) is 39.5 Å². The summed E-state index contributed by atoms with van der Waals surface area (Å²) in [4.78, 5) is 6.23. The minimum atomic E-state index is 0.742. The van der Waals surface area contributed by atoms with E-state index in [9.17, 15) is 0 Å². The van der Waals surface area contributed by atoms with Crippen molar-refractivity contribution >= 4 is 21.6 Å². The summed E-state index contributed by atoms with van der Waals surface area (Å²) < 4.78 is 6.51. The molecule has 4 heteroatoms. The topological polar surface area (TPSA) is 29.3 Å². The highest BCUT2D eigenvalue weighted by molar-refractivity contribution is 9.10. The molecule has 0 unspecified atom stereocenters. The largest absolute Gasteiger partial charge is 0.464 e. The second kappa shape index (κ2) is 4.70. The maximum atomic E-state index is 5.53. The molecule has 0 aliphatic rings. The van der Waals surface area contributed by atoms with Gasteiger partial charge in [0, 0.05) is 17.7 Å². The summed E-state index contributed by atoms with van der Waals surface area (Å²) in [6, 6.07) is 6.00. The van der Waals surface area contributed by atoms with Gasteiger partial charge in [-0.05, 0) is 41.1 Å². The van der Waals surface area contributed by atoms with E-state index in [4.69, 9.17) is 4.42 Å². The molecule has 2 rings (SSSR count). The molecule has 0 bridgehead atoms. The normalized spacial score (nSPS) is 10.4. The Morgan fingerprint density at radius 2 is 2.19 bits per heavy atom. The third kappa shape index (κ3) is 2.64. The minimum Gasteiger partial charge on any atom is -0.464 e. The second-order valence-corrected chi connectivity index (χ2v) is 4.65. The number of aromatic nitrogens is 1. The summed E-state index contributed by atoms with van der Waals surface area (Å²) in [5, 5.41) is 0. The lowest BCUT2D eigenvalue weighted by atomic mass is 10.3. The molecule has 84 valence electrons. The van der Waals surface area contributed by atoms with Gasteiger partial charge in [0.1, 0.15) is 11.5 Å². The Kier molecular flexibility index (Phi) is 3.29. The molecule has 0 aliphatic heterocycles. The Morgan fingerprint density at radius 3 is 2.81 bits per heavy atom. The van der Waals surface area contributed by atoms with Crippen molar-refractivity contribution in [1.29, 1.82) is 0 Å². The van der Waals surface area contributed by atoms with Crippen LogP contribution >= 0.6 is 15.9 Å². The Labute approximate surface area is 103 Å². The first-order valence-electron chi connectivity index (χ1n) is 5.02. The quantitative estimate of drug-likeness (QED) is 0.863. The van der Waals surface area contributed by atoms with Crippen LogP contribution in [-0.2, 0) is 6.54 Å². The lowest BCUT2D eigenvalue weighted by Crippen LogP contribution is -2.15. The Morgan fingerprint density at radius 1 is 1.38 bits per heavy atom. The van der Waals surface area contributed by atoms with E-state index in [0.29, 0.717) is 0 Å². The number of pyridine rings is 1. The van der Waals surface area contributed by atoms with Crippen molar-refractivity contribution < 1.29 is 4.42 Å². The molecule has 2 heterocycles. The van der Waals surface area contributed by atoms with Gasteiger partial charge in [0.15, 0.2) is 0 Å². The Hall–Kier alpha value is -1.29. The maximum absolute atomic E-state index is 5.53. The number of rotatable bonds is 3. The highest BCUT2D eigenvalue weighted by Crippen LogP contribution is 2.19. The van der Waals surface area contributed by atoms with Crippen LogP contribution in [0.5, 0.6) is 0 Å². The average Bonchev–Trinajstić information content (AvgIpc) is 2.64. The summed E-state index contributed by atoms with van der Waals surface area (Å²) in [7, 11) is 2.02. The fourth-order valence-corrected chi connectivity index (χ4v) is 1.86. The van der Waals surface area contributed by atoms with Crippen LogP contribution in [0, 0.1) is 6.92 Å². The van der Waals surface area contributed by atoms with Crippen molar-refractivity contribution in [1.82, 2.24) is 4.98 Å². The van der Waals surface area contributed by atoms with E-state index in [1.54, 1.807) is 6.20 Å². The van der Waals surface area contributed by atoms with E-state index in [1.165, 1.54) is 0 Å². The summed E-state index contributed by atoms with van der Waals surface area (Å²) in [6.07, 6.45) is 3.61. The van der Waals surface area contributed by atoms with Crippen LogP contribution in [0.3, 0.4) is 0 Å². The van der Waals surface area contributed by atoms with E-state index in [0.717, 1.165) is 28.2 Å². The Balaban J connectivity index is 2.11. The number of halogens is 1. The summed E-state index contributed by atoms with van der Waals surface area (Å²) in [5.74, 6) is 1.90. The van der Waals surface area contributed by atoms with Gasteiger partial charge in [-0.3, -0.25) is 4.98 Å². The van der Waals surface area contributed by atoms with E-state index in [1.807, 2.05) is 38.4 Å². The molecule has 0 atom stereocenters. The average molecular weight is 281 g/mol. The molecule has 0 aliphatic carbocycles. The van der Waals surface area contributed by atoms with E-state index >= 15 is 0 Å². The van der Waals surface area contributed by atoms with E-state index in [2.05, 4.69) is 25.8 Å². The molecule has 16 heavy (non-hydrogen) atoms. The fourth-order valence-electron chi connectivity index (χ4n) is 1.50. The fraction of sp³-hybridized carbons (Fsp3) is 0.250. The summed E-state index contributed by atoms with van der Waals surface area (Å²) in [6.45, 7) is 2.69. The van der Waals surface area contributed by atoms with E-state index < -0.39 is 0 Å². The van der Waals surface area contributed by atoms with Gasteiger partial charge in [0.05, 0.1) is 18.4 Å². The SMILES string of the molecule is Cc1ccc(CN(C)c2cncc(Br)c2)o1. The number of hydrogen-bond donors (Lipinski definition) is 0. The van der Waals surface area contributed by atoms with Gasteiger partial charge >= 0.3 is 0 Å². The van der Waals surface area contributed by atoms with E-state index in [-0.39, 0.29) is 0 Å².